The van der Waals surface area contributed by atoms with Crippen LogP contribution in [0, 0.1) is 0 Å². The molecule has 1 aromatic carbocycles. The number of benzene rings is 1. The van der Waals surface area contributed by atoms with E-state index in [4.69, 9.17) is 11.5 Å². The summed E-state index contributed by atoms with van der Waals surface area (Å²) in [7, 11) is 0. The maximum Gasteiger partial charge on any atom is 0.250 e. The van der Waals surface area contributed by atoms with Gasteiger partial charge in [0.15, 0.2) is 0 Å². The minimum atomic E-state index is -0.479. The van der Waals surface area contributed by atoms with Crippen LogP contribution in [0.3, 0.4) is 0 Å². The van der Waals surface area contributed by atoms with Crippen LogP contribution in [0.25, 0.3) is 0 Å². The summed E-state index contributed by atoms with van der Waals surface area (Å²) in [6, 6.07) is 5.87. The highest BCUT2D eigenvalue weighted by Crippen LogP contribution is 2.29. The van der Waals surface area contributed by atoms with E-state index in [0.717, 1.165) is 10.9 Å². The number of primary amides is 1. The van der Waals surface area contributed by atoms with E-state index in [-0.39, 0.29) is 0 Å². The van der Waals surface area contributed by atoms with Gasteiger partial charge in [0.2, 0.25) is 0 Å². The minimum absolute atomic E-state index is 0.391. The minimum Gasteiger partial charge on any atom is -0.398 e. The summed E-state index contributed by atoms with van der Waals surface area (Å²) >= 11 is 1.96. The number of nitrogens with one attached hydrogen (secondary N) is 1. The van der Waals surface area contributed by atoms with Crippen LogP contribution in [-0.2, 0) is 0 Å². The highest BCUT2D eigenvalue weighted by atomic mass is 32.2. The van der Waals surface area contributed by atoms with E-state index in [1.165, 1.54) is 25.7 Å². The summed E-state index contributed by atoms with van der Waals surface area (Å²) in [4.78, 5) is 11.3. The Kier molecular flexibility index (Phi) is 4.58. The van der Waals surface area contributed by atoms with E-state index in [2.05, 4.69) is 11.6 Å². The number of rotatable bonds is 4. The molecule has 0 aromatic heterocycles. The normalized spacial score (nSPS) is 23.0. The molecule has 1 aliphatic rings. The summed E-state index contributed by atoms with van der Waals surface area (Å²) in [5, 5.41) is 4.27. The molecule has 1 aliphatic carbocycles. The van der Waals surface area contributed by atoms with Crippen molar-refractivity contribution in [3.8, 4) is 0 Å². The zero-order valence-corrected chi connectivity index (χ0v) is 12.0. The monoisotopic (exact) mass is 279 g/mol. The average molecular weight is 279 g/mol. The third kappa shape index (κ3) is 3.56. The second-order valence-electron chi connectivity index (χ2n) is 5.02. The molecule has 0 bridgehead atoms. The molecule has 4 nitrogen and oxygen atoms in total. The summed E-state index contributed by atoms with van der Waals surface area (Å²) in [5.74, 6) is -0.479. The maximum atomic E-state index is 11.3. The molecule has 0 saturated heterocycles. The van der Waals surface area contributed by atoms with Crippen LogP contribution in [0.4, 0.5) is 11.4 Å². The molecule has 0 unspecified atom stereocenters. The van der Waals surface area contributed by atoms with Gasteiger partial charge in [-0.15, -0.1) is 0 Å². The molecule has 19 heavy (non-hydrogen) atoms. The standard InChI is InChI=1S/C14H21N3OS/c1-19-11-5-2-9(3-6-11)17-10-4-7-13(15)12(8-10)14(16)18/h4,7-9,11,17H,2-3,5-6,15H2,1H3,(H2,16,18). The Morgan fingerprint density at radius 2 is 2.00 bits per heavy atom. The SMILES string of the molecule is CSC1CCC(Nc2ccc(N)c(C(N)=O)c2)CC1. The number of carbonyl (C=O) groups excluding carboxylic acids is 1. The van der Waals surface area contributed by atoms with Crippen molar-refractivity contribution < 1.29 is 4.79 Å². The number of hydrogen-bond acceptors (Lipinski definition) is 4. The fraction of sp³-hybridized carbons (Fsp3) is 0.500. The molecular weight excluding hydrogens is 258 g/mol. The van der Waals surface area contributed by atoms with E-state index in [1.54, 1.807) is 12.1 Å². The van der Waals surface area contributed by atoms with E-state index in [1.807, 2.05) is 17.8 Å². The quantitative estimate of drug-likeness (QED) is 0.739. The van der Waals surface area contributed by atoms with E-state index >= 15 is 0 Å². The molecule has 0 heterocycles. The van der Waals surface area contributed by atoms with Crippen LogP contribution in [0.5, 0.6) is 0 Å². The Labute approximate surface area is 118 Å². The van der Waals surface area contributed by atoms with Gasteiger partial charge in [0, 0.05) is 22.7 Å². The first-order valence-corrected chi connectivity index (χ1v) is 7.87. The number of carbonyl (C=O) groups is 1. The van der Waals surface area contributed by atoms with E-state index in [0.29, 0.717) is 17.3 Å². The van der Waals surface area contributed by atoms with Crippen LogP contribution < -0.4 is 16.8 Å². The molecule has 0 radical (unpaired) electrons. The fourth-order valence-electron chi connectivity index (χ4n) is 2.54. The van der Waals surface area contributed by atoms with Gasteiger partial charge in [0.25, 0.3) is 5.91 Å². The van der Waals surface area contributed by atoms with Crippen molar-refractivity contribution in [2.75, 3.05) is 17.3 Å². The maximum absolute atomic E-state index is 11.3. The third-order valence-electron chi connectivity index (χ3n) is 3.70. The molecule has 2 rings (SSSR count). The second-order valence-corrected chi connectivity index (χ2v) is 6.16. The van der Waals surface area contributed by atoms with Crippen molar-refractivity contribution >= 4 is 29.0 Å². The highest BCUT2D eigenvalue weighted by molar-refractivity contribution is 7.99. The van der Waals surface area contributed by atoms with E-state index < -0.39 is 5.91 Å². The highest BCUT2D eigenvalue weighted by Gasteiger charge is 2.20. The Bertz CT molecular complexity index is 456. The van der Waals surface area contributed by atoms with Crippen molar-refractivity contribution in [2.45, 2.75) is 37.0 Å². The van der Waals surface area contributed by atoms with Gasteiger partial charge in [-0.05, 0) is 50.1 Å². The molecule has 5 heteroatoms. The summed E-state index contributed by atoms with van der Waals surface area (Å²) in [6.07, 6.45) is 7.01. The van der Waals surface area contributed by atoms with Gasteiger partial charge in [-0.3, -0.25) is 4.79 Å². The summed E-state index contributed by atoms with van der Waals surface area (Å²) < 4.78 is 0. The van der Waals surface area contributed by atoms with Gasteiger partial charge in [-0.2, -0.15) is 11.8 Å². The van der Waals surface area contributed by atoms with Gasteiger partial charge >= 0.3 is 0 Å². The summed E-state index contributed by atoms with van der Waals surface area (Å²) in [6.45, 7) is 0. The van der Waals surface area contributed by atoms with Crippen LogP contribution in [0.1, 0.15) is 36.0 Å². The zero-order chi connectivity index (χ0) is 13.8. The number of nitrogen functional groups attached to an aromatic ring is 1. The third-order valence-corrected chi connectivity index (χ3v) is 4.84. The predicted octanol–water partition coefficient (Wildman–Crippen LogP) is 2.45. The van der Waals surface area contributed by atoms with Crippen molar-refractivity contribution in [3.05, 3.63) is 23.8 Å². The Morgan fingerprint density at radius 3 is 2.58 bits per heavy atom. The molecule has 1 aromatic rings. The number of nitrogens with two attached hydrogens (primary N) is 2. The molecule has 0 aliphatic heterocycles. The van der Waals surface area contributed by atoms with Crippen LogP contribution in [-0.4, -0.2) is 23.5 Å². The Hall–Kier alpha value is -1.36. The molecular formula is C14H21N3OS. The Balaban J connectivity index is 2.00. The first-order valence-electron chi connectivity index (χ1n) is 6.59. The second kappa shape index (κ2) is 6.19. The van der Waals surface area contributed by atoms with Gasteiger partial charge in [0.1, 0.15) is 0 Å². The molecule has 1 fully saturated rings. The molecule has 5 N–H and O–H groups in total. The van der Waals surface area contributed by atoms with E-state index in [9.17, 15) is 4.79 Å². The van der Waals surface area contributed by atoms with Gasteiger partial charge in [-0.1, -0.05) is 0 Å². The van der Waals surface area contributed by atoms with Crippen molar-refractivity contribution in [2.24, 2.45) is 5.73 Å². The molecule has 0 atom stereocenters. The van der Waals surface area contributed by atoms with Crippen molar-refractivity contribution in [1.82, 2.24) is 0 Å². The first-order chi connectivity index (χ1) is 9.10. The number of amides is 1. The van der Waals surface area contributed by atoms with Gasteiger partial charge in [-0.25, -0.2) is 0 Å². The number of anilines is 2. The lowest BCUT2D eigenvalue weighted by Crippen LogP contribution is -2.27. The lowest BCUT2D eigenvalue weighted by Gasteiger charge is -2.29. The largest absolute Gasteiger partial charge is 0.398 e. The molecule has 1 amide bonds. The van der Waals surface area contributed by atoms with Gasteiger partial charge in [0.05, 0.1) is 5.56 Å². The van der Waals surface area contributed by atoms with Crippen LogP contribution in [0.15, 0.2) is 18.2 Å². The van der Waals surface area contributed by atoms with Crippen molar-refractivity contribution in [3.63, 3.8) is 0 Å². The molecule has 1 saturated carbocycles. The lowest BCUT2D eigenvalue weighted by molar-refractivity contribution is 0.100. The first kappa shape index (κ1) is 14.1. The molecule has 0 spiro atoms. The van der Waals surface area contributed by atoms with Crippen LogP contribution >= 0.6 is 11.8 Å². The van der Waals surface area contributed by atoms with Crippen molar-refractivity contribution in [1.29, 1.82) is 0 Å². The number of hydrogen-bond donors (Lipinski definition) is 3. The Morgan fingerprint density at radius 1 is 1.32 bits per heavy atom. The lowest BCUT2D eigenvalue weighted by atomic mass is 9.94. The molecule has 104 valence electrons. The average Bonchev–Trinajstić information content (AvgIpc) is 2.41. The zero-order valence-electron chi connectivity index (χ0n) is 11.2. The van der Waals surface area contributed by atoms with Gasteiger partial charge < -0.3 is 16.8 Å². The predicted molar refractivity (Wildman–Crippen MR) is 82.6 cm³/mol. The summed E-state index contributed by atoms with van der Waals surface area (Å²) in [5.41, 5.74) is 12.8. The fourth-order valence-corrected chi connectivity index (χ4v) is 3.28. The smallest absolute Gasteiger partial charge is 0.250 e. The number of thioether (sulfide) groups is 1. The topological polar surface area (TPSA) is 81.1 Å². The van der Waals surface area contributed by atoms with Crippen LogP contribution in [0.2, 0.25) is 0 Å².